The fourth-order valence-electron chi connectivity index (χ4n) is 1.23. The van der Waals surface area contributed by atoms with Gasteiger partial charge in [0.2, 0.25) is 4.77 Å². The number of nitrogens with one attached hydrogen (secondary N) is 1. The largest absolute Gasteiger partial charge is 0.350 e. The van der Waals surface area contributed by atoms with Crippen molar-refractivity contribution in [1.29, 1.82) is 0 Å². The molecule has 2 rings (SSSR count). The molecular formula is C9H11N5S. The summed E-state index contributed by atoms with van der Waals surface area (Å²) in [5, 5.41) is 10.9. The zero-order valence-corrected chi connectivity index (χ0v) is 9.32. The van der Waals surface area contributed by atoms with Crippen LogP contribution in [0.5, 0.6) is 0 Å². The fraction of sp³-hybridized carbons (Fsp3) is 0.222. The molecule has 0 aliphatic heterocycles. The summed E-state index contributed by atoms with van der Waals surface area (Å²) >= 11 is 5.02. The molecule has 2 aromatic heterocycles. The van der Waals surface area contributed by atoms with Gasteiger partial charge < -0.3 is 4.57 Å². The molecule has 1 N–H and O–H groups in total. The number of aryl methyl sites for hydroxylation is 2. The second-order valence-electron chi connectivity index (χ2n) is 3.18. The normalized spacial score (nSPS) is 11.3. The van der Waals surface area contributed by atoms with Gasteiger partial charge in [0, 0.05) is 13.2 Å². The summed E-state index contributed by atoms with van der Waals surface area (Å²) in [4.78, 5) is 0. The minimum Gasteiger partial charge on any atom is -0.350 e. The van der Waals surface area contributed by atoms with E-state index in [4.69, 9.17) is 12.2 Å². The zero-order valence-electron chi connectivity index (χ0n) is 8.51. The highest BCUT2D eigenvalue weighted by atomic mass is 32.1. The molecule has 78 valence electrons. The van der Waals surface area contributed by atoms with Gasteiger partial charge in [-0.15, -0.1) is 0 Å². The first kappa shape index (κ1) is 9.85. The van der Waals surface area contributed by atoms with Crippen LogP contribution in [0.25, 0.3) is 0 Å². The van der Waals surface area contributed by atoms with Crippen molar-refractivity contribution in [3.05, 3.63) is 34.6 Å². The molecule has 0 radical (unpaired) electrons. The van der Waals surface area contributed by atoms with Crippen LogP contribution >= 0.6 is 12.2 Å². The Bertz CT molecular complexity index is 545. The molecule has 0 amide bonds. The molecule has 5 nitrogen and oxygen atoms in total. The Morgan fingerprint density at radius 3 is 2.93 bits per heavy atom. The van der Waals surface area contributed by atoms with Gasteiger partial charge in [-0.25, -0.2) is 0 Å². The number of aromatic amines is 1. The van der Waals surface area contributed by atoms with Crippen LogP contribution in [0.15, 0.2) is 23.4 Å². The predicted molar refractivity (Wildman–Crippen MR) is 60.6 cm³/mol. The van der Waals surface area contributed by atoms with Gasteiger partial charge in [-0.1, -0.05) is 0 Å². The first-order valence-corrected chi connectivity index (χ1v) is 4.89. The van der Waals surface area contributed by atoms with Crippen molar-refractivity contribution in [2.45, 2.75) is 6.92 Å². The van der Waals surface area contributed by atoms with E-state index in [1.807, 2.05) is 36.9 Å². The van der Waals surface area contributed by atoms with E-state index in [9.17, 15) is 0 Å². The third kappa shape index (κ3) is 1.89. The topological polar surface area (TPSA) is 50.9 Å². The van der Waals surface area contributed by atoms with E-state index in [0.717, 1.165) is 11.5 Å². The van der Waals surface area contributed by atoms with Crippen LogP contribution in [0, 0.1) is 11.7 Å². The number of hydrogen-bond donors (Lipinski definition) is 1. The highest BCUT2D eigenvalue weighted by Gasteiger charge is 1.97. The van der Waals surface area contributed by atoms with Crippen molar-refractivity contribution in [2.24, 2.45) is 12.1 Å². The van der Waals surface area contributed by atoms with Crippen molar-refractivity contribution in [3.63, 3.8) is 0 Å². The first-order chi connectivity index (χ1) is 7.18. The van der Waals surface area contributed by atoms with Gasteiger partial charge in [-0.05, 0) is 31.3 Å². The Hall–Kier alpha value is -1.69. The Balaban J connectivity index is 2.34. The molecule has 0 aromatic carbocycles. The molecule has 0 unspecified atom stereocenters. The van der Waals surface area contributed by atoms with Gasteiger partial charge in [0.25, 0.3) is 0 Å². The molecule has 0 aliphatic rings. The predicted octanol–water partition coefficient (Wildman–Crippen LogP) is 1.47. The second-order valence-corrected chi connectivity index (χ2v) is 3.56. The van der Waals surface area contributed by atoms with Crippen LogP contribution in [-0.4, -0.2) is 25.7 Å². The van der Waals surface area contributed by atoms with E-state index in [0.29, 0.717) is 4.77 Å². The van der Waals surface area contributed by atoms with Gasteiger partial charge in [0.05, 0.1) is 11.9 Å². The standard InChI is InChI=1S/C9H11N5S/c1-7-11-12-9(15)14(7)10-6-8-4-3-5-13(8)2/h3-6H,1-2H3,(H,12,15)/b10-6-. The summed E-state index contributed by atoms with van der Waals surface area (Å²) in [5.41, 5.74) is 1.01. The second kappa shape index (κ2) is 3.82. The molecule has 2 heterocycles. The third-order valence-corrected chi connectivity index (χ3v) is 2.37. The van der Waals surface area contributed by atoms with Crippen molar-refractivity contribution in [2.75, 3.05) is 0 Å². The number of nitrogens with zero attached hydrogens (tertiary/aromatic N) is 4. The molecule has 0 spiro atoms. The average molecular weight is 221 g/mol. The molecule has 0 atom stereocenters. The number of hydrogen-bond acceptors (Lipinski definition) is 3. The lowest BCUT2D eigenvalue weighted by Crippen LogP contribution is -1.97. The summed E-state index contributed by atoms with van der Waals surface area (Å²) in [7, 11) is 1.96. The van der Waals surface area contributed by atoms with Gasteiger partial charge in [0.15, 0.2) is 0 Å². The minimum atomic E-state index is 0.498. The van der Waals surface area contributed by atoms with Crippen molar-refractivity contribution in [1.82, 2.24) is 19.4 Å². The smallest absolute Gasteiger partial charge is 0.216 e. The number of H-pyrrole nitrogens is 1. The van der Waals surface area contributed by atoms with Crippen LogP contribution in [0.4, 0.5) is 0 Å². The molecule has 0 aliphatic carbocycles. The van der Waals surface area contributed by atoms with E-state index in [-0.39, 0.29) is 0 Å². The number of aromatic nitrogens is 4. The Morgan fingerprint density at radius 2 is 2.40 bits per heavy atom. The average Bonchev–Trinajstić information content (AvgIpc) is 2.73. The minimum absolute atomic E-state index is 0.498. The van der Waals surface area contributed by atoms with Crippen molar-refractivity contribution < 1.29 is 0 Å². The van der Waals surface area contributed by atoms with E-state index < -0.39 is 0 Å². The fourth-order valence-corrected chi connectivity index (χ4v) is 1.46. The highest BCUT2D eigenvalue weighted by molar-refractivity contribution is 7.71. The lowest BCUT2D eigenvalue weighted by atomic mass is 10.5. The van der Waals surface area contributed by atoms with Crippen molar-refractivity contribution in [3.8, 4) is 0 Å². The lowest BCUT2D eigenvalue weighted by molar-refractivity contribution is 0.816. The molecule has 2 aromatic rings. The number of rotatable bonds is 2. The molecule has 0 fully saturated rings. The van der Waals surface area contributed by atoms with Gasteiger partial charge in [-0.2, -0.15) is 14.9 Å². The summed E-state index contributed by atoms with van der Waals surface area (Å²) in [5.74, 6) is 0.741. The van der Waals surface area contributed by atoms with Gasteiger partial charge in [-0.3, -0.25) is 5.10 Å². The summed E-state index contributed by atoms with van der Waals surface area (Å²) in [6.07, 6.45) is 3.71. The monoisotopic (exact) mass is 221 g/mol. The Kier molecular flexibility index (Phi) is 2.51. The Morgan fingerprint density at radius 1 is 1.60 bits per heavy atom. The molecule has 0 saturated carbocycles. The van der Waals surface area contributed by atoms with Crippen LogP contribution in [0.1, 0.15) is 11.5 Å². The van der Waals surface area contributed by atoms with Crippen LogP contribution in [0.2, 0.25) is 0 Å². The van der Waals surface area contributed by atoms with E-state index >= 15 is 0 Å². The van der Waals surface area contributed by atoms with Gasteiger partial charge >= 0.3 is 0 Å². The van der Waals surface area contributed by atoms with E-state index in [1.54, 1.807) is 10.9 Å². The van der Waals surface area contributed by atoms with Crippen LogP contribution < -0.4 is 0 Å². The third-order valence-electron chi connectivity index (χ3n) is 2.10. The maximum absolute atomic E-state index is 5.02. The first-order valence-electron chi connectivity index (χ1n) is 4.48. The lowest BCUT2D eigenvalue weighted by Gasteiger charge is -1.96. The molecular weight excluding hydrogens is 210 g/mol. The molecule has 6 heteroatoms. The summed E-state index contributed by atoms with van der Waals surface area (Å²) in [6, 6.07) is 3.94. The van der Waals surface area contributed by atoms with E-state index in [1.165, 1.54) is 0 Å². The summed E-state index contributed by atoms with van der Waals surface area (Å²) < 4.78 is 4.06. The zero-order chi connectivity index (χ0) is 10.8. The maximum atomic E-state index is 5.02. The highest BCUT2D eigenvalue weighted by Crippen LogP contribution is 1.98. The van der Waals surface area contributed by atoms with E-state index in [2.05, 4.69) is 15.3 Å². The van der Waals surface area contributed by atoms with Gasteiger partial charge in [0.1, 0.15) is 5.82 Å². The molecule has 0 saturated heterocycles. The molecule has 15 heavy (non-hydrogen) atoms. The summed E-state index contributed by atoms with van der Waals surface area (Å²) in [6.45, 7) is 1.84. The SMILES string of the molecule is Cc1n[nH]c(=S)n1/N=C\c1cccn1C. The maximum Gasteiger partial charge on any atom is 0.216 e. The Labute approximate surface area is 92.1 Å². The van der Waals surface area contributed by atoms with Crippen LogP contribution in [-0.2, 0) is 7.05 Å². The quantitative estimate of drug-likeness (QED) is 0.616. The molecule has 0 bridgehead atoms. The van der Waals surface area contributed by atoms with Crippen molar-refractivity contribution >= 4 is 18.4 Å². The van der Waals surface area contributed by atoms with Crippen LogP contribution in [0.3, 0.4) is 0 Å².